The van der Waals surface area contributed by atoms with Gasteiger partial charge in [0.2, 0.25) is 0 Å². The van der Waals surface area contributed by atoms with E-state index in [0.29, 0.717) is 37.8 Å². The van der Waals surface area contributed by atoms with Crippen molar-refractivity contribution in [1.82, 2.24) is 9.88 Å². The standard InChI is InChI=1S/C21H18F3N3O2/c22-21(23,24)18-10-16(6-3-13(18)11-25)29-15-7-4-14(5-8-15)27-12-19-17(20(27)28)2-1-9-26-19/h1-3,6,9-10,14-15H,4-5,7-8,12H2. The lowest BCUT2D eigenvalue weighted by Gasteiger charge is -2.34. The van der Waals surface area contributed by atoms with E-state index in [1.807, 2.05) is 4.90 Å². The Hall–Kier alpha value is -3.08. The van der Waals surface area contributed by atoms with Gasteiger partial charge in [0.05, 0.1) is 41.1 Å². The van der Waals surface area contributed by atoms with Gasteiger partial charge in [-0.1, -0.05) is 0 Å². The number of pyridine rings is 1. The Balaban J connectivity index is 1.39. The third kappa shape index (κ3) is 3.77. The van der Waals surface area contributed by atoms with Crippen LogP contribution in [0.1, 0.15) is 52.9 Å². The number of carbonyl (C=O) groups is 1. The van der Waals surface area contributed by atoms with Gasteiger partial charge in [-0.15, -0.1) is 0 Å². The predicted molar refractivity (Wildman–Crippen MR) is 96.9 cm³/mol. The zero-order valence-corrected chi connectivity index (χ0v) is 15.4. The quantitative estimate of drug-likeness (QED) is 0.768. The van der Waals surface area contributed by atoms with Gasteiger partial charge in [0.15, 0.2) is 0 Å². The minimum absolute atomic E-state index is 0.0145. The Morgan fingerprint density at radius 3 is 2.59 bits per heavy atom. The van der Waals surface area contributed by atoms with E-state index in [1.165, 1.54) is 6.07 Å². The van der Waals surface area contributed by atoms with Gasteiger partial charge < -0.3 is 9.64 Å². The summed E-state index contributed by atoms with van der Waals surface area (Å²) in [6, 6.07) is 8.58. The molecule has 0 N–H and O–H groups in total. The molecule has 1 aromatic carbocycles. The summed E-state index contributed by atoms with van der Waals surface area (Å²) in [4.78, 5) is 18.7. The van der Waals surface area contributed by atoms with Gasteiger partial charge in [0.1, 0.15) is 5.75 Å². The van der Waals surface area contributed by atoms with Crippen LogP contribution in [0.2, 0.25) is 0 Å². The number of ether oxygens (including phenoxy) is 1. The van der Waals surface area contributed by atoms with E-state index in [0.717, 1.165) is 17.8 Å². The largest absolute Gasteiger partial charge is 0.490 e. The number of nitrogens with zero attached hydrogens (tertiary/aromatic N) is 3. The molecule has 0 spiro atoms. The first-order chi connectivity index (χ1) is 13.9. The number of amides is 1. The third-order valence-electron chi connectivity index (χ3n) is 5.51. The first kappa shape index (κ1) is 19.2. The number of hydrogen-bond donors (Lipinski definition) is 0. The number of alkyl halides is 3. The van der Waals surface area contributed by atoms with Crippen molar-refractivity contribution >= 4 is 5.91 Å². The molecule has 29 heavy (non-hydrogen) atoms. The molecule has 1 aromatic heterocycles. The molecular formula is C21H18F3N3O2. The molecular weight excluding hydrogens is 383 g/mol. The minimum atomic E-state index is -4.61. The van der Waals surface area contributed by atoms with Crippen LogP contribution in [-0.4, -0.2) is 27.9 Å². The number of halogens is 3. The fourth-order valence-corrected chi connectivity index (χ4v) is 4.04. The molecule has 1 amide bonds. The molecule has 1 aliphatic heterocycles. The average molecular weight is 401 g/mol. The molecule has 2 aromatic rings. The number of benzene rings is 1. The molecule has 2 aliphatic rings. The normalized spacial score (nSPS) is 21.6. The molecule has 0 bridgehead atoms. The van der Waals surface area contributed by atoms with Gasteiger partial charge in [0.25, 0.3) is 5.91 Å². The van der Waals surface area contributed by atoms with E-state index in [1.54, 1.807) is 24.4 Å². The van der Waals surface area contributed by atoms with E-state index in [-0.39, 0.29) is 23.8 Å². The third-order valence-corrected chi connectivity index (χ3v) is 5.51. The van der Waals surface area contributed by atoms with Crippen molar-refractivity contribution in [3.63, 3.8) is 0 Å². The van der Waals surface area contributed by atoms with Gasteiger partial charge in [0, 0.05) is 12.2 Å². The van der Waals surface area contributed by atoms with Crippen LogP contribution in [-0.2, 0) is 12.7 Å². The highest BCUT2D eigenvalue weighted by Crippen LogP contribution is 2.36. The fraction of sp³-hybridized carbons (Fsp3) is 0.381. The molecule has 150 valence electrons. The lowest BCUT2D eigenvalue weighted by atomic mass is 9.92. The number of rotatable bonds is 3. The van der Waals surface area contributed by atoms with Crippen molar-refractivity contribution in [1.29, 1.82) is 5.26 Å². The Bertz CT molecular complexity index is 976. The first-order valence-corrected chi connectivity index (χ1v) is 9.39. The van der Waals surface area contributed by atoms with Crippen molar-refractivity contribution < 1.29 is 22.7 Å². The maximum absolute atomic E-state index is 13.1. The predicted octanol–water partition coefficient (Wildman–Crippen LogP) is 4.32. The zero-order valence-electron chi connectivity index (χ0n) is 15.4. The summed E-state index contributed by atoms with van der Waals surface area (Å²) in [6.45, 7) is 0.496. The maximum atomic E-state index is 13.1. The summed E-state index contributed by atoms with van der Waals surface area (Å²) in [5, 5.41) is 8.89. The van der Waals surface area contributed by atoms with E-state index >= 15 is 0 Å². The molecule has 2 heterocycles. The monoisotopic (exact) mass is 401 g/mol. The van der Waals surface area contributed by atoms with Crippen LogP contribution in [0.5, 0.6) is 5.75 Å². The molecule has 0 radical (unpaired) electrons. The highest BCUT2D eigenvalue weighted by Gasteiger charge is 2.37. The van der Waals surface area contributed by atoms with Crippen molar-refractivity contribution in [3.8, 4) is 11.8 Å². The van der Waals surface area contributed by atoms with Crippen LogP contribution < -0.4 is 4.74 Å². The van der Waals surface area contributed by atoms with Gasteiger partial charge in [-0.25, -0.2) is 0 Å². The Labute approximate surface area is 165 Å². The molecule has 1 fully saturated rings. The van der Waals surface area contributed by atoms with Crippen LogP contribution in [0, 0.1) is 11.3 Å². The number of fused-ring (bicyclic) bond motifs is 1. The Morgan fingerprint density at radius 1 is 1.17 bits per heavy atom. The lowest BCUT2D eigenvalue weighted by Crippen LogP contribution is -2.40. The number of aromatic nitrogens is 1. The summed E-state index contributed by atoms with van der Waals surface area (Å²) in [7, 11) is 0. The topological polar surface area (TPSA) is 66.2 Å². The molecule has 4 rings (SSSR count). The SMILES string of the molecule is N#Cc1ccc(OC2CCC(N3Cc4ncccc4C3=O)CC2)cc1C(F)(F)F. The van der Waals surface area contributed by atoms with E-state index in [4.69, 9.17) is 10.00 Å². The second-order valence-electron chi connectivity index (χ2n) is 7.30. The number of nitriles is 1. The van der Waals surface area contributed by atoms with Crippen LogP contribution in [0.15, 0.2) is 36.5 Å². The summed E-state index contributed by atoms with van der Waals surface area (Å²) >= 11 is 0. The van der Waals surface area contributed by atoms with Crippen LogP contribution in [0.25, 0.3) is 0 Å². The fourth-order valence-electron chi connectivity index (χ4n) is 4.04. The zero-order chi connectivity index (χ0) is 20.6. The minimum Gasteiger partial charge on any atom is -0.490 e. The highest BCUT2D eigenvalue weighted by molar-refractivity contribution is 5.97. The second kappa shape index (κ2) is 7.39. The van der Waals surface area contributed by atoms with Gasteiger partial charge in [-0.2, -0.15) is 18.4 Å². The number of carbonyl (C=O) groups excluding carboxylic acids is 1. The molecule has 5 nitrogen and oxygen atoms in total. The van der Waals surface area contributed by atoms with Crippen LogP contribution >= 0.6 is 0 Å². The van der Waals surface area contributed by atoms with Crippen molar-refractivity contribution in [2.45, 2.75) is 50.6 Å². The Kier molecular flexibility index (Phi) is 4.91. The maximum Gasteiger partial charge on any atom is 0.417 e. The molecule has 0 atom stereocenters. The lowest BCUT2D eigenvalue weighted by molar-refractivity contribution is -0.137. The molecule has 1 saturated carbocycles. The molecule has 0 saturated heterocycles. The highest BCUT2D eigenvalue weighted by atomic mass is 19.4. The molecule has 1 aliphatic carbocycles. The van der Waals surface area contributed by atoms with E-state index < -0.39 is 17.3 Å². The first-order valence-electron chi connectivity index (χ1n) is 9.39. The van der Waals surface area contributed by atoms with Gasteiger partial charge in [-0.05, 0) is 56.0 Å². The second-order valence-corrected chi connectivity index (χ2v) is 7.30. The summed E-state index contributed by atoms with van der Waals surface area (Å²) in [5.74, 6) is 0.0907. The molecule has 8 heteroatoms. The van der Waals surface area contributed by atoms with E-state index in [9.17, 15) is 18.0 Å². The number of hydrogen-bond acceptors (Lipinski definition) is 4. The van der Waals surface area contributed by atoms with Crippen molar-refractivity contribution in [2.24, 2.45) is 0 Å². The summed E-state index contributed by atoms with van der Waals surface area (Å²) in [5.41, 5.74) is 0.0182. The van der Waals surface area contributed by atoms with Gasteiger partial charge >= 0.3 is 6.18 Å². The van der Waals surface area contributed by atoms with Crippen LogP contribution in [0.4, 0.5) is 13.2 Å². The Morgan fingerprint density at radius 2 is 1.93 bits per heavy atom. The summed E-state index contributed by atoms with van der Waals surface area (Å²) in [6.07, 6.45) is -0.453. The van der Waals surface area contributed by atoms with Crippen molar-refractivity contribution in [2.75, 3.05) is 0 Å². The van der Waals surface area contributed by atoms with E-state index in [2.05, 4.69) is 4.98 Å². The summed E-state index contributed by atoms with van der Waals surface area (Å²) < 4.78 is 45.1. The average Bonchev–Trinajstić information content (AvgIpc) is 3.05. The van der Waals surface area contributed by atoms with Gasteiger partial charge in [-0.3, -0.25) is 9.78 Å². The smallest absolute Gasteiger partial charge is 0.417 e. The van der Waals surface area contributed by atoms with Crippen molar-refractivity contribution in [3.05, 3.63) is 58.9 Å². The van der Waals surface area contributed by atoms with Crippen LogP contribution in [0.3, 0.4) is 0 Å². The molecule has 0 unspecified atom stereocenters.